The molecule has 0 N–H and O–H groups in total. The summed E-state index contributed by atoms with van der Waals surface area (Å²) >= 11 is 11.1. The van der Waals surface area contributed by atoms with E-state index in [1.807, 2.05) is 42.8 Å². The SMILES string of the molecule is CCn1c(=O)/c(=C2\Sc3ccc(Cl)cc3N2C)s/c1=C\c1scc[n+]1Cc1ccccc1. The molecule has 4 aromatic rings. The molecule has 0 bridgehead atoms. The number of hydrogen-bond acceptors (Lipinski definition) is 5. The zero-order chi connectivity index (χ0) is 22.2. The van der Waals surface area contributed by atoms with E-state index in [9.17, 15) is 4.79 Å². The van der Waals surface area contributed by atoms with E-state index < -0.39 is 0 Å². The maximum Gasteiger partial charge on any atom is 0.271 e. The van der Waals surface area contributed by atoms with E-state index in [0.717, 1.165) is 36.4 Å². The van der Waals surface area contributed by atoms with Gasteiger partial charge in [0.25, 0.3) is 10.6 Å². The van der Waals surface area contributed by atoms with Gasteiger partial charge in [-0.15, -0.1) is 11.3 Å². The van der Waals surface area contributed by atoms with Crippen LogP contribution in [0.25, 0.3) is 11.1 Å². The third-order valence-electron chi connectivity index (χ3n) is 5.37. The van der Waals surface area contributed by atoms with E-state index in [4.69, 9.17) is 11.6 Å². The minimum atomic E-state index is 0.0585. The van der Waals surface area contributed by atoms with Crippen LogP contribution in [0.15, 0.2) is 69.8 Å². The van der Waals surface area contributed by atoms with Gasteiger partial charge in [-0.05, 0) is 25.1 Å². The molecule has 5 rings (SSSR count). The smallest absolute Gasteiger partial charge is 0.271 e. The number of halogens is 1. The average molecular weight is 499 g/mol. The topological polar surface area (TPSA) is 29.1 Å². The first-order valence-electron chi connectivity index (χ1n) is 10.2. The summed E-state index contributed by atoms with van der Waals surface area (Å²) in [6.45, 7) is 3.45. The van der Waals surface area contributed by atoms with Gasteiger partial charge in [0, 0.05) is 29.1 Å². The number of hydrogen-bond donors (Lipinski definition) is 0. The molecule has 0 saturated heterocycles. The predicted molar refractivity (Wildman–Crippen MR) is 136 cm³/mol. The van der Waals surface area contributed by atoms with Crippen LogP contribution in [0, 0.1) is 0 Å². The molecule has 162 valence electrons. The van der Waals surface area contributed by atoms with Gasteiger partial charge in [-0.3, -0.25) is 9.36 Å². The van der Waals surface area contributed by atoms with Crippen LogP contribution in [0.4, 0.5) is 5.69 Å². The van der Waals surface area contributed by atoms with Crippen molar-refractivity contribution in [3.05, 3.63) is 95.3 Å². The molecular formula is C24H21ClN3OS3+. The number of rotatable bonds is 4. The van der Waals surface area contributed by atoms with Crippen molar-refractivity contribution in [2.75, 3.05) is 11.9 Å². The third kappa shape index (κ3) is 3.94. The van der Waals surface area contributed by atoms with Crippen molar-refractivity contribution < 1.29 is 4.57 Å². The molecule has 0 radical (unpaired) electrons. The summed E-state index contributed by atoms with van der Waals surface area (Å²) in [5.41, 5.74) is 2.35. The third-order valence-corrected chi connectivity index (χ3v) is 8.94. The number of thioether (sulfide) groups is 1. The fourth-order valence-electron chi connectivity index (χ4n) is 3.74. The lowest BCUT2D eigenvalue weighted by Gasteiger charge is -2.12. The van der Waals surface area contributed by atoms with Crippen LogP contribution in [0.2, 0.25) is 5.02 Å². The fourth-order valence-corrected chi connectivity index (χ4v) is 7.20. The predicted octanol–water partition coefficient (Wildman–Crippen LogP) is 4.12. The molecule has 0 unspecified atom stereocenters. The molecule has 0 aliphatic carbocycles. The Morgan fingerprint density at radius 1 is 1.16 bits per heavy atom. The molecular weight excluding hydrogens is 478 g/mol. The Hall–Kier alpha value is -2.32. The fraction of sp³-hybridized carbons (Fsp3) is 0.167. The van der Waals surface area contributed by atoms with Crippen LogP contribution in [0.1, 0.15) is 17.5 Å². The van der Waals surface area contributed by atoms with E-state index in [2.05, 4.69) is 51.4 Å². The number of thiazole rings is 2. The van der Waals surface area contributed by atoms with Gasteiger partial charge in [0.1, 0.15) is 14.2 Å². The lowest BCUT2D eigenvalue weighted by atomic mass is 10.2. The highest BCUT2D eigenvalue weighted by atomic mass is 35.5. The molecule has 0 spiro atoms. The molecule has 0 atom stereocenters. The Labute approximate surface area is 203 Å². The molecule has 1 aliphatic rings. The molecule has 0 amide bonds. The maximum atomic E-state index is 13.3. The average Bonchev–Trinajstić information content (AvgIpc) is 3.45. The van der Waals surface area contributed by atoms with Gasteiger partial charge in [-0.1, -0.05) is 65.0 Å². The maximum absolute atomic E-state index is 13.3. The first-order chi connectivity index (χ1) is 15.5. The second-order valence-electron chi connectivity index (χ2n) is 7.40. The van der Waals surface area contributed by atoms with Gasteiger partial charge in [0.2, 0.25) is 0 Å². The summed E-state index contributed by atoms with van der Waals surface area (Å²) in [5.74, 6) is 0. The van der Waals surface area contributed by atoms with Crippen molar-refractivity contribution in [3.63, 3.8) is 0 Å². The van der Waals surface area contributed by atoms with Crippen molar-refractivity contribution in [2.24, 2.45) is 0 Å². The van der Waals surface area contributed by atoms with Crippen LogP contribution < -0.4 is 24.2 Å². The highest BCUT2D eigenvalue weighted by Gasteiger charge is 2.25. The van der Waals surface area contributed by atoms with E-state index >= 15 is 0 Å². The summed E-state index contributed by atoms with van der Waals surface area (Å²) in [5, 5.41) is 4.87. The number of fused-ring (bicyclic) bond motifs is 1. The van der Waals surface area contributed by atoms with Crippen molar-refractivity contribution in [3.8, 4) is 0 Å². The van der Waals surface area contributed by atoms with Gasteiger partial charge in [0.15, 0.2) is 12.7 Å². The number of aromatic nitrogens is 2. The van der Waals surface area contributed by atoms with Crippen LogP contribution in [-0.4, -0.2) is 11.6 Å². The minimum Gasteiger partial charge on any atom is -0.337 e. The summed E-state index contributed by atoms with van der Waals surface area (Å²) in [4.78, 5) is 16.5. The highest BCUT2D eigenvalue weighted by molar-refractivity contribution is 8.08. The van der Waals surface area contributed by atoms with Crippen molar-refractivity contribution >= 4 is 62.8 Å². The van der Waals surface area contributed by atoms with Crippen molar-refractivity contribution in [1.29, 1.82) is 0 Å². The number of anilines is 1. The quantitative estimate of drug-likeness (QED) is 0.396. The first kappa shape index (κ1) is 21.5. The zero-order valence-corrected chi connectivity index (χ0v) is 20.8. The lowest BCUT2D eigenvalue weighted by Crippen LogP contribution is -2.36. The molecule has 32 heavy (non-hydrogen) atoms. The van der Waals surface area contributed by atoms with Crippen molar-refractivity contribution in [1.82, 2.24) is 4.57 Å². The molecule has 8 heteroatoms. The van der Waals surface area contributed by atoms with Crippen molar-refractivity contribution in [2.45, 2.75) is 24.9 Å². The second kappa shape index (κ2) is 8.90. The van der Waals surface area contributed by atoms with Crippen LogP contribution >= 0.6 is 46.0 Å². The normalized spacial score (nSPS) is 15.5. The monoisotopic (exact) mass is 498 g/mol. The van der Waals surface area contributed by atoms with E-state index in [1.165, 1.54) is 5.56 Å². The molecule has 0 fully saturated rings. The van der Waals surface area contributed by atoms with Crippen LogP contribution in [-0.2, 0) is 13.1 Å². The van der Waals surface area contributed by atoms with Gasteiger partial charge in [0.05, 0.1) is 17.1 Å². The Morgan fingerprint density at radius 2 is 1.97 bits per heavy atom. The molecule has 2 aromatic heterocycles. The van der Waals surface area contributed by atoms with E-state index in [1.54, 1.807) is 34.4 Å². The Morgan fingerprint density at radius 3 is 2.75 bits per heavy atom. The Kier molecular flexibility index (Phi) is 5.99. The summed E-state index contributed by atoms with van der Waals surface area (Å²) < 4.78 is 5.83. The minimum absolute atomic E-state index is 0.0585. The van der Waals surface area contributed by atoms with E-state index in [-0.39, 0.29) is 5.56 Å². The molecule has 4 nitrogen and oxygen atoms in total. The molecule has 2 aromatic carbocycles. The largest absolute Gasteiger partial charge is 0.337 e. The van der Waals surface area contributed by atoms with Crippen LogP contribution in [0.3, 0.4) is 0 Å². The Bertz CT molecular complexity index is 1470. The summed E-state index contributed by atoms with van der Waals surface area (Å²) in [6.07, 6.45) is 4.24. The number of benzene rings is 2. The Balaban J connectivity index is 1.61. The highest BCUT2D eigenvalue weighted by Crippen LogP contribution is 2.46. The molecule has 3 heterocycles. The standard InChI is InChI=1S/C24H21ClN3OS3/c1-3-28-21(14-20-27(11-12-30-20)15-16-7-5-4-6-8-16)32-22(23(28)29)24-26(2)18-13-17(25)9-10-19(18)31-24/h4-14H,3,15H2,1-2H3/q+1/b24-22+. The second-order valence-corrected chi connectivity index (χ2v) is 10.8. The van der Waals surface area contributed by atoms with Gasteiger partial charge < -0.3 is 4.90 Å². The van der Waals surface area contributed by atoms with Crippen LogP contribution in [0.5, 0.6) is 0 Å². The molecule has 1 aliphatic heterocycles. The van der Waals surface area contributed by atoms with Gasteiger partial charge in [-0.2, -0.15) is 4.57 Å². The summed E-state index contributed by atoms with van der Waals surface area (Å²) in [7, 11) is 2.00. The van der Waals surface area contributed by atoms with Gasteiger partial charge in [-0.25, -0.2) is 0 Å². The summed E-state index contributed by atoms with van der Waals surface area (Å²) in [6, 6.07) is 16.3. The number of nitrogens with zero attached hydrogens (tertiary/aromatic N) is 3. The van der Waals surface area contributed by atoms with Gasteiger partial charge >= 0.3 is 0 Å². The lowest BCUT2D eigenvalue weighted by molar-refractivity contribution is -0.685. The van der Waals surface area contributed by atoms with E-state index in [0.29, 0.717) is 11.6 Å². The zero-order valence-electron chi connectivity index (χ0n) is 17.6. The molecule has 0 saturated carbocycles. The first-order valence-corrected chi connectivity index (χ1v) is 13.1.